The minimum absolute atomic E-state index is 0.00282. The van der Waals surface area contributed by atoms with Gasteiger partial charge in [-0.15, -0.1) is 0 Å². The highest BCUT2D eigenvalue weighted by atomic mass is 16.7. The summed E-state index contributed by atoms with van der Waals surface area (Å²) in [7, 11) is 1.58. The first kappa shape index (κ1) is 38.8. The summed E-state index contributed by atoms with van der Waals surface area (Å²) in [6, 6.07) is 0. The first-order valence-corrected chi connectivity index (χ1v) is 19.0. The fraction of sp³-hybridized carbons (Fsp3) is 0.775. The molecular formula is C40H60O11. The lowest BCUT2D eigenvalue weighted by molar-refractivity contribution is -0.340. The Morgan fingerprint density at radius 1 is 1.04 bits per heavy atom. The molecule has 1 aliphatic carbocycles. The Bertz CT molecular complexity index is 1390. The lowest BCUT2D eigenvalue weighted by Gasteiger charge is -2.50. The molecule has 6 aliphatic rings. The van der Waals surface area contributed by atoms with Gasteiger partial charge in [0.05, 0.1) is 37.1 Å². The van der Waals surface area contributed by atoms with Gasteiger partial charge in [0.2, 0.25) is 0 Å². The summed E-state index contributed by atoms with van der Waals surface area (Å²) in [6.45, 7) is 14.2. The van der Waals surface area contributed by atoms with Gasteiger partial charge in [0, 0.05) is 38.7 Å². The minimum Gasteiger partial charge on any atom is -0.462 e. The second-order valence-electron chi connectivity index (χ2n) is 16.3. The van der Waals surface area contributed by atoms with Crippen molar-refractivity contribution in [2.45, 2.75) is 160 Å². The van der Waals surface area contributed by atoms with Crippen molar-refractivity contribution in [3.8, 4) is 0 Å². The highest BCUT2D eigenvalue weighted by Crippen LogP contribution is 2.48. The molecule has 4 saturated heterocycles. The van der Waals surface area contributed by atoms with Crippen molar-refractivity contribution in [1.29, 1.82) is 0 Å². The number of allylic oxidation sites excluding steroid dienone is 2. The largest absolute Gasteiger partial charge is 0.462 e. The summed E-state index contributed by atoms with van der Waals surface area (Å²) in [4.78, 5) is 14.2. The van der Waals surface area contributed by atoms with Crippen LogP contribution in [0.5, 0.6) is 0 Å². The molecule has 11 nitrogen and oxygen atoms in total. The highest BCUT2D eigenvalue weighted by molar-refractivity contribution is 5.78. The summed E-state index contributed by atoms with van der Waals surface area (Å²) >= 11 is 0. The number of esters is 1. The number of aliphatic hydroxyl groups excluding tert-OH is 2. The molecule has 0 aromatic rings. The Morgan fingerprint density at radius 3 is 2.53 bits per heavy atom. The SMILES string of the molecule is CO[C@H]1C[C@H](O[C@@H]2/C(C)=C/C[C@@H]3C[C@@H](C[C@]4(CC[C@H](C)[C@@H](C(C)C)O4)O3)OC(=O)[C@@H]3C=C(C)[C@@H](O)[C@H]4OC/C(=C\C=C\[C@@H]2C)[C@]43O)O[C@@H](C)[C@@H]1O. The first-order chi connectivity index (χ1) is 24.2. The molecule has 5 aliphatic heterocycles. The van der Waals surface area contributed by atoms with Crippen molar-refractivity contribution < 1.29 is 53.3 Å². The van der Waals surface area contributed by atoms with E-state index >= 15 is 0 Å². The molecule has 6 rings (SSSR count). The van der Waals surface area contributed by atoms with E-state index in [9.17, 15) is 20.1 Å². The van der Waals surface area contributed by atoms with E-state index in [0.717, 1.165) is 12.0 Å². The zero-order valence-electron chi connectivity index (χ0n) is 31.5. The number of carbonyl (C=O) groups excluding carboxylic acids is 1. The summed E-state index contributed by atoms with van der Waals surface area (Å²) < 4.78 is 44.4. The predicted molar refractivity (Wildman–Crippen MR) is 188 cm³/mol. The average Bonchev–Trinajstić information content (AvgIpc) is 3.42. The van der Waals surface area contributed by atoms with Crippen molar-refractivity contribution in [2.24, 2.45) is 23.7 Å². The molecule has 0 aromatic heterocycles. The Labute approximate surface area is 303 Å². The highest BCUT2D eigenvalue weighted by Gasteiger charge is 2.60. The van der Waals surface area contributed by atoms with E-state index in [2.05, 4.69) is 33.8 Å². The fourth-order valence-electron chi connectivity index (χ4n) is 9.15. The van der Waals surface area contributed by atoms with Crippen LogP contribution in [0.4, 0.5) is 0 Å². The quantitative estimate of drug-likeness (QED) is 0.276. The van der Waals surface area contributed by atoms with Crippen LogP contribution in [-0.2, 0) is 38.0 Å². The maximum atomic E-state index is 14.2. The number of methoxy groups -OCH3 is 1. The second kappa shape index (κ2) is 15.4. The molecule has 4 fully saturated rings. The third-order valence-electron chi connectivity index (χ3n) is 12.2. The Balaban J connectivity index is 1.37. The van der Waals surface area contributed by atoms with Gasteiger partial charge in [-0.05, 0) is 62.2 Å². The summed E-state index contributed by atoms with van der Waals surface area (Å²) in [6.07, 6.45) is 7.22. The maximum absolute atomic E-state index is 14.2. The van der Waals surface area contributed by atoms with Crippen LogP contribution in [0, 0.1) is 23.7 Å². The van der Waals surface area contributed by atoms with Crippen LogP contribution in [0.25, 0.3) is 0 Å². The van der Waals surface area contributed by atoms with Gasteiger partial charge < -0.3 is 48.5 Å². The maximum Gasteiger partial charge on any atom is 0.316 e. The first-order valence-electron chi connectivity index (χ1n) is 19.0. The topological polar surface area (TPSA) is 142 Å². The number of hydrogen-bond donors (Lipinski definition) is 3. The zero-order chi connectivity index (χ0) is 36.8. The number of hydrogen-bond acceptors (Lipinski definition) is 11. The van der Waals surface area contributed by atoms with E-state index in [1.165, 1.54) is 0 Å². The summed E-state index contributed by atoms with van der Waals surface area (Å²) in [5.41, 5.74) is 0.234. The number of aliphatic hydroxyl groups is 3. The Kier molecular flexibility index (Phi) is 11.7. The summed E-state index contributed by atoms with van der Waals surface area (Å²) in [5, 5.41) is 34.0. The molecule has 51 heavy (non-hydrogen) atoms. The van der Waals surface area contributed by atoms with Gasteiger partial charge in [-0.3, -0.25) is 4.79 Å². The van der Waals surface area contributed by atoms with Crippen LogP contribution in [0.1, 0.15) is 87.0 Å². The van der Waals surface area contributed by atoms with Crippen molar-refractivity contribution in [1.82, 2.24) is 0 Å². The molecular weight excluding hydrogens is 656 g/mol. The molecule has 0 unspecified atom stereocenters. The van der Waals surface area contributed by atoms with E-state index in [1.54, 1.807) is 26.2 Å². The van der Waals surface area contributed by atoms with Crippen LogP contribution >= 0.6 is 0 Å². The van der Waals surface area contributed by atoms with E-state index in [-0.39, 0.29) is 30.7 Å². The van der Waals surface area contributed by atoms with E-state index in [1.807, 2.05) is 26.0 Å². The van der Waals surface area contributed by atoms with Crippen LogP contribution in [-0.4, -0.2) is 108 Å². The van der Waals surface area contributed by atoms with Crippen LogP contribution in [0.15, 0.2) is 47.1 Å². The fourth-order valence-corrected chi connectivity index (χ4v) is 9.15. The molecule has 11 heteroatoms. The molecule has 3 N–H and O–H groups in total. The lowest BCUT2D eigenvalue weighted by Crippen LogP contribution is -2.58. The number of fused-ring (bicyclic) bond motifs is 2. The normalized spacial score (nSPS) is 49.3. The standard InChI is InChI=1S/C40H60O11/c1-21(2)35-24(5)14-15-39(51-35)19-29-17-28(50-39)13-12-23(4)36(49-32-18-31(45-8)34(42)26(7)47-32)22(3)10-9-11-27-20-46-37-33(41)25(6)16-30(38(43)48-29)40(27,37)44/h9-12,16,21-22,24,26,28-37,41-42,44H,13-15,17-20H2,1-8H3/b10-9+,23-12+,27-11+/t22-,24-,26-,28+,29-,30-,31-,32-,33+,34-,35+,36-,37+,39+,40+/m0/s1. The number of ether oxygens (including phenoxy) is 7. The van der Waals surface area contributed by atoms with Crippen LogP contribution < -0.4 is 0 Å². The molecule has 0 radical (unpaired) electrons. The third kappa shape index (κ3) is 7.71. The molecule has 286 valence electrons. The minimum atomic E-state index is -1.80. The third-order valence-corrected chi connectivity index (χ3v) is 12.2. The molecule has 1 spiro atoms. The molecule has 0 aromatic carbocycles. The smallest absolute Gasteiger partial charge is 0.316 e. The second-order valence-corrected chi connectivity index (χ2v) is 16.3. The van der Waals surface area contributed by atoms with Crippen molar-refractivity contribution >= 4 is 5.97 Å². The zero-order valence-corrected chi connectivity index (χ0v) is 31.5. The average molecular weight is 717 g/mol. The lowest BCUT2D eigenvalue weighted by atomic mass is 9.71. The molecule has 2 bridgehead atoms. The summed E-state index contributed by atoms with van der Waals surface area (Å²) in [5.74, 6) is -2.03. The molecule has 5 heterocycles. The monoisotopic (exact) mass is 716 g/mol. The van der Waals surface area contributed by atoms with Gasteiger partial charge in [-0.1, -0.05) is 58.1 Å². The Morgan fingerprint density at radius 2 is 1.80 bits per heavy atom. The van der Waals surface area contributed by atoms with Crippen LogP contribution in [0.3, 0.4) is 0 Å². The van der Waals surface area contributed by atoms with Crippen LogP contribution in [0.2, 0.25) is 0 Å². The van der Waals surface area contributed by atoms with Crippen molar-refractivity contribution in [2.75, 3.05) is 13.7 Å². The van der Waals surface area contributed by atoms with E-state index in [0.29, 0.717) is 49.2 Å². The van der Waals surface area contributed by atoms with E-state index in [4.69, 9.17) is 33.2 Å². The van der Waals surface area contributed by atoms with Gasteiger partial charge in [0.15, 0.2) is 12.1 Å². The Hall–Kier alpha value is -1.93. The van der Waals surface area contributed by atoms with Gasteiger partial charge in [0.25, 0.3) is 0 Å². The number of rotatable bonds is 4. The molecule has 0 amide bonds. The van der Waals surface area contributed by atoms with Crippen molar-refractivity contribution in [3.05, 3.63) is 47.1 Å². The molecule has 0 saturated carbocycles. The molecule has 15 atom stereocenters. The number of carbonyl (C=O) groups is 1. The van der Waals surface area contributed by atoms with Gasteiger partial charge >= 0.3 is 5.97 Å². The van der Waals surface area contributed by atoms with Crippen molar-refractivity contribution in [3.63, 3.8) is 0 Å². The van der Waals surface area contributed by atoms with E-state index < -0.39 is 72.3 Å². The van der Waals surface area contributed by atoms with Gasteiger partial charge in [-0.25, -0.2) is 0 Å². The van der Waals surface area contributed by atoms with Gasteiger partial charge in [-0.2, -0.15) is 0 Å². The predicted octanol–water partition coefficient (Wildman–Crippen LogP) is 4.68. The van der Waals surface area contributed by atoms with Gasteiger partial charge in [0.1, 0.15) is 35.9 Å².